The van der Waals surface area contributed by atoms with Crippen molar-refractivity contribution in [2.75, 3.05) is 6.54 Å². The molecule has 0 aromatic heterocycles. The SMILES string of the molecule is C[C@@H](CCCCNC(=O)OCc1ccc(N=[N+]=[N-])cc1)C(=O)O. The minimum Gasteiger partial charge on any atom is -0.481 e. The number of hydrogen-bond acceptors (Lipinski definition) is 4. The summed E-state index contributed by atoms with van der Waals surface area (Å²) in [7, 11) is 0. The molecule has 8 nitrogen and oxygen atoms in total. The topological polar surface area (TPSA) is 124 Å². The normalized spacial score (nSPS) is 11.2. The average molecular weight is 320 g/mol. The molecule has 0 aliphatic rings. The number of benzene rings is 1. The first-order chi connectivity index (χ1) is 11.0. The number of azide groups is 1. The Morgan fingerprint density at radius 3 is 2.65 bits per heavy atom. The van der Waals surface area contributed by atoms with Crippen molar-refractivity contribution in [2.45, 2.75) is 32.8 Å². The molecule has 1 amide bonds. The van der Waals surface area contributed by atoms with E-state index >= 15 is 0 Å². The smallest absolute Gasteiger partial charge is 0.407 e. The second-order valence-corrected chi connectivity index (χ2v) is 5.09. The Bertz CT molecular complexity index is 567. The Labute approximate surface area is 134 Å². The fourth-order valence-corrected chi connectivity index (χ4v) is 1.80. The van der Waals surface area contributed by atoms with Crippen molar-refractivity contribution in [1.29, 1.82) is 0 Å². The predicted octanol–water partition coefficient (Wildman–Crippen LogP) is 3.75. The van der Waals surface area contributed by atoms with Crippen LogP contribution < -0.4 is 5.32 Å². The maximum atomic E-state index is 11.5. The number of nitrogens with zero attached hydrogens (tertiary/aromatic N) is 3. The molecule has 0 saturated carbocycles. The van der Waals surface area contributed by atoms with Crippen molar-refractivity contribution < 1.29 is 19.4 Å². The summed E-state index contributed by atoms with van der Waals surface area (Å²) in [4.78, 5) is 24.8. The standard InChI is InChI=1S/C15H20N4O4/c1-11(14(20)21)4-2-3-9-17-15(22)23-10-12-5-7-13(8-6-12)18-19-16/h5-8,11H,2-4,9-10H2,1H3,(H,17,22)(H,20,21)/t11-/m0/s1. The van der Waals surface area contributed by atoms with E-state index in [0.29, 0.717) is 25.1 Å². The van der Waals surface area contributed by atoms with E-state index in [4.69, 9.17) is 15.4 Å². The second-order valence-electron chi connectivity index (χ2n) is 5.09. The molecule has 0 bridgehead atoms. The van der Waals surface area contributed by atoms with Gasteiger partial charge >= 0.3 is 12.1 Å². The van der Waals surface area contributed by atoms with Crippen LogP contribution in [0.15, 0.2) is 29.4 Å². The van der Waals surface area contributed by atoms with Crippen LogP contribution in [0.5, 0.6) is 0 Å². The summed E-state index contributed by atoms with van der Waals surface area (Å²) in [6.07, 6.45) is 1.50. The number of aliphatic carboxylic acids is 1. The number of carbonyl (C=O) groups excluding carboxylic acids is 1. The van der Waals surface area contributed by atoms with Gasteiger partial charge in [0.05, 0.1) is 5.92 Å². The second kappa shape index (κ2) is 10.1. The van der Waals surface area contributed by atoms with Crippen molar-refractivity contribution in [2.24, 2.45) is 11.0 Å². The van der Waals surface area contributed by atoms with Crippen molar-refractivity contribution in [1.82, 2.24) is 5.32 Å². The molecular weight excluding hydrogens is 300 g/mol. The highest BCUT2D eigenvalue weighted by atomic mass is 16.5. The Kier molecular flexibility index (Phi) is 8.02. The van der Waals surface area contributed by atoms with Gasteiger partial charge in [0, 0.05) is 17.1 Å². The molecule has 2 N–H and O–H groups in total. The van der Waals surface area contributed by atoms with Crippen LogP contribution in [-0.4, -0.2) is 23.7 Å². The lowest BCUT2D eigenvalue weighted by molar-refractivity contribution is -0.141. The number of hydrogen-bond donors (Lipinski definition) is 2. The highest BCUT2D eigenvalue weighted by Gasteiger charge is 2.09. The van der Waals surface area contributed by atoms with Gasteiger partial charge in [-0.1, -0.05) is 42.7 Å². The van der Waals surface area contributed by atoms with E-state index in [1.165, 1.54) is 0 Å². The monoisotopic (exact) mass is 320 g/mol. The molecule has 0 aliphatic carbocycles. The zero-order valence-corrected chi connectivity index (χ0v) is 12.9. The first-order valence-electron chi connectivity index (χ1n) is 7.30. The Hall–Kier alpha value is -2.73. The summed E-state index contributed by atoms with van der Waals surface area (Å²) in [6.45, 7) is 2.23. The zero-order chi connectivity index (χ0) is 17.1. The molecule has 0 radical (unpaired) electrons. The number of amides is 1. The van der Waals surface area contributed by atoms with Crippen LogP contribution in [0.4, 0.5) is 10.5 Å². The van der Waals surface area contributed by atoms with E-state index in [1.54, 1.807) is 31.2 Å². The lowest BCUT2D eigenvalue weighted by atomic mass is 10.0. The van der Waals surface area contributed by atoms with Gasteiger partial charge in [-0.25, -0.2) is 4.79 Å². The molecule has 0 fully saturated rings. The first-order valence-corrected chi connectivity index (χ1v) is 7.30. The fraction of sp³-hybridized carbons (Fsp3) is 0.467. The summed E-state index contributed by atoms with van der Waals surface area (Å²) in [5.74, 6) is -1.17. The van der Waals surface area contributed by atoms with Crippen molar-refractivity contribution in [3.05, 3.63) is 40.3 Å². The molecule has 1 rings (SSSR count). The fourth-order valence-electron chi connectivity index (χ4n) is 1.80. The van der Waals surface area contributed by atoms with E-state index in [-0.39, 0.29) is 12.5 Å². The third-order valence-electron chi connectivity index (χ3n) is 3.22. The van der Waals surface area contributed by atoms with Crippen LogP contribution in [0.25, 0.3) is 10.4 Å². The molecule has 1 aromatic carbocycles. The lowest BCUT2D eigenvalue weighted by Gasteiger charge is -2.08. The number of carboxylic acid groups (broad SMARTS) is 1. The number of nitrogens with one attached hydrogen (secondary N) is 1. The van der Waals surface area contributed by atoms with Gasteiger partial charge in [0.2, 0.25) is 0 Å². The summed E-state index contributed by atoms with van der Waals surface area (Å²) < 4.78 is 5.05. The molecule has 8 heteroatoms. The number of ether oxygens (including phenoxy) is 1. The number of carboxylic acids is 1. The van der Waals surface area contributed by atoms with Gasteiger partial charge < -0.3 is 15.2 Å². The predicted molar refractivity (Wildman–Crippen MR) is 84.1 cm³/mol. The van der Waals surface area contributed by atoms with Gasteiger partial charge in [-0.05, 0) is 23.9 Å². The Morgan fingerprint density at radius 2 is 2.04 bits per heavy atom. The third kappa shape index (κ3) is 7.73. The van der Waals surface area contributed by atoms with E-state index in [9.17, 15) is 9.59 Å². The summed E-state index contributed by atoms with van der Waals surface area (Å²) >= 11 is 0. The molecule has 1 atom stereocenters. The van der Waals surface area contributed by atoms with Crippen molar-refractivity contribution in [3.8, 4) is 0 Å². The minimum atomic E-state index is -0.802. The maximum Gasteiger partial charge on any atom is 0.407 e. The molecule has 0 aliphatic heterocycles. The van der Waals surface area contributed by atoms with Gasteiger partial charge in [-0.15, -0.1) is 0 Å². The third-order valence-corrected chi connectivity index (χ3v) is 3.22. The molecular formula is C15H20N4O4. The number of unbranched alkanes of at least 4 members (excludes halogenated alkanes) is 1. The van der Waals surface area contributed by atoms with Crippen LogP contribution in [0.3, 0.4) is 0 Å². The van der Waals surface area contributed by atoms with Gasteiger partial charge in [0.25, 0.3) is 0 Å². The van der Waals surface area contributed by atoms with E-state index in [0.717, 1.165) is 12.0 Å². The van der Waals surface area contributed by atoms with E-state index in [2.05, 4.69) is 15.3 Å². The summed E-state index contributed by atoms with van der Waals surface area (Å²) in [6, 6.07) is 6.70. The molecule has 0 spiro atoms. The summed E-state index contributed by atoms with van der Waals surface area (Å²) in [5, 5.41) is 14.8. The highest BCUT2D eigenvalue weighted by Crippen LogP contribution is 2.13. The van der Waals surface area contributed by atoms with Gasteiger partial charge in [-0.3, -0.25) is 4.79 Å². The van der Waals surface area contributed by atoms with Gasteiger partial charge in [0.1, 0.15) is 6.61 Å². The van der Waals surface area contributed by atoms with Crippen LogP contribution >= 0.6 is 0 Å². The largest absolute Gasteiger partial charge is 0.481 e. The van der Waals surface area contributed by atoms with Crippen LogP contribution in [0.2, 0.25) is 0 Å². The van der Waals surface area contributed by atoms with Crippen LogP contribution in [0, 0.1) is 5.92 Å². The van der Waals surface area contributed by atoms with Crippen LogP contribution in [0.1, 0.15) is 31.7 Å². The highest BCUT2D eigenvalue weighted by molar-refractivity contribution is 5.69. The first kappa shape index (κ1) is 18.3. The van der Waals surface area contributed by atoms with Gasteiger partial charge in [0.15, 0.2) is 0 Å². The number of carbonyl (C=O) groups is 2. The Balaban J connectivity index is 2.17. The van der Waals surface area contributed by atoms with E-state index < -0.39 is 12.1 Å². The summed E-state index contributed by atoms with van der Waals surface area (Å²) in [5.41, 5.74) is 9.58. The van der Waals surface area contributed by atoms with E-state index in [1.807, 2.05) is 0 Å². The van der Waals surface area contributed by atoms with Crippen LogP contribution in [-0.2, 0) is 16.1 Å². The number of rotatable bonds is 9. The lowest BCUT2D eigenvalue weighted by Crippen LogP contribution is -2.25. The minimum absolute atomic E-state index is 0.123. The number of alkyl carbamates (subject to hydrolysis) is 1. The Morgan fingerprint density at radius 1 is 1.35 bits per heavy atom. The molecule has 0 heterocycles. The van der Waals surface area contributed by atoms with Gasteiger partial charge in [-0.2, -0.15) is 0 Å². The van der Waals surface area contributed by atoms with Crippen molar-refractivity contribution >= 4 is 17.7 Å². The average Bonchev–Trinajstić information content (AvgIpc) is 2.54. The quantitative estimate of drug-likeness (QED) is 0.311. The molecule has 0 saturated heterocycles. The molecule has 124 valence electrons. The van der Waals surface area contributed by atoms with Crippen molar-refractivity contribution in [3.63, 3.8) is 0 Å². The molecule has 0 unspecified atom stereocenters. The zero-order valence-electron chi connectivity index (χ0n) is 12.9. The molecule has 23 heavy (non-hydrogen) atoms. The maximum absolute atomic E-state index is 11.5. The molecule has 1 aromatic rings.